The van der Waals surface area contributed by atoms with Gasteiger partial charge in [0.1, 0.15) is 11.2 Å². The van der Waals surface area contributed by atoms with Crippen LogP contribution in [0, 0.1) is 10.1 Å². The van der Waals surface area contributed by atoms with Gasteiger partial charge >= 0.3 is 0 Å². The summed E-state index contributed by atoms with van der Waals surface area (Å²) in [6.45, 7) is 1.58. The summed E-state index contributed by atoms with van der Waals surface area (Å²) in [6, 6.07) is 19.8. The first kappa shape index (κ1) is 21.6. The number of carbonyl (C=O) groups is 1. The maximum Gasteiger partial charge on any atom is 0.293 e. The minimum absolute atomic E-state index is 0.0490. The van der Waals surface area contributed by atoms with Gasteiger partial charge in [-0.1, -0.05) is 30.3 Å². The second kappa shape index (κ2) is 9.35. The lowest BCUT2D eigenvalue weighted by Gasteiger charge is -2.28. The van der Waals surface area contributed by atoms with Crippen LogP contribution in [0.25, 0.3) is 11.1 Å². The molecular formula is C26H24N4O4. The minimum atomic E-state index is -0.420. The summed E-state index contributed by atoms with van der Waals surface area (Å²) in [6.07, 6.45) is 3.73. The molecule has 0 atom stereocenters. The molecule has 1 N–H and O–H groups in total. The third-order valence-corrected chi connectivity index (χ3v) is 6.02. The quantitative estimate of drug-likeness (QED) is 0.301. The summed E-state index contributed by atoms with van der Waals surface area (Å²) in [5, 5.41) is 14.5. The molecule has 1 saturated heterocycles. The largest absolute Gasteiger partial charge is 0.440 e. The maximum atomic E-state index is 12.9. The third-order valence-electron chi connectivity index (χ3n) is 6.02. The van der Waals surface area contributed by atoms with E-state index >= 15 is 0 Å². The van der Waals surface area contributed by atoms with E-state index < -0.39 is 10.8 Å². The summed E-state index contributed by atoms with van der Waals surface area (Å²) in [4.78, 5) is 30.7. The van der Waals surface area contributed by atoms with Crippen LogP contribution in [0.15, 0.2) is 71.1 Å². The van der Waals surface area contributed by atoms with Crippen molar-refractivity contribution in [2.24, 2.45) is 0 Å². The zero-order chi connectivity index (χ0) is 23.5. The predicted molar refractivity (Wildman–Crippen MR) is 130 cm³/mol. The van der Waals surface area contributed by atoms with Gasteiger partial charge in [-0.15, -0.1) is 0 Å². The number of nitro groups is 1. The van der Waals surface area contributed by atoms with Gasteiger partial charge in [-0.05, 0) is 55.2 Å². The molecule has 0 radical (unpaired) electrons. The number of benzene rings is 3. The first-order valence-corrected chi connectivity index (χ1v) is 11.3. The lowest BCUT2D eigenvalue weighted by molar-refractivity contribution is -0.384. The molecule has 8 nitrogen and oxygen atoms in total. The Labute approximate surface area is 196 Å². The van der Waals surface area contributed by atoms with Crippen molar-refractivity contribution < 1.29 is 14.1 Å². The predicted octanol–water partition coefficient (Wildman–Crippen LogP) is 5.57. The number of aromatic nitrogens is 1. The Bertz CT molecular complexity index is 1340. The molecule has 1 fully saturated rings. The number of nitro benzene ring substituents is 1. The van der Waals surface area contributed by atoms with Crippen molar-refractivity contribution in [1.29, 1.82) is 0 Å². The van der Waals surface area contributed by atoms with E-state index in [4.69, 9.17) is 4.42 Å². The first-order chi connectivity index (χ1) is 16.6. The number of amides is 1. The van der Waals surface area contributed by atoms with Crippen LogP contribution in [-0.4, -0.2) is 28.9 Å². The van der Waals surface area contributed by atoms with Crippen molar-refractivity contribution in [3.05, 3.63) is 93.9 Å². The molecule has 2 heterocycles. The van der Waals surface area contributed by atoms with E-state index in [-0.39, 0.29) is 11.3 Å². The van der Waals surface area contributed by atoms with Gasteiger partial charge in [0.2, 0.25) is 0 Å². The Morgan fingerprint density at radius 1 is 1.03 bits per heavy atom. The number of hydrogen-bond acceptors (Lipinski definition) is 6. The average Bonchev–Trinajstić information content (AvgIpc) is 3.26. The third kappa shape index (κ3) is 4.61. The van der Waals surface area contributed by atoms with Gasteiger partial charge in [-0.2, -0.15) is 0 Å². The van der Waals surface area contributed by atoms with E-state index in [0.717, 1.165) is 37.9 Å². The highest BCUT2D eigenvalue weighted by atomic mass is 16.6. The molecule has 4 aromatic rings. The summed E-state index contributed by atoms with van der Waals surface area (Å²) < 4.78 is 5.83. The highest BCUT2D eigenvalue weighted by Gasteiger charge is 2.23. The van der Waals surface area contributed by atoms with Crippen molar-refractivity contribution in [2.75, 3.05) is 23.3 Å². The molecule has 1 aliphatic rings. The summed E-state index contributed by atoms with van der Waals surface area (Å²) in [7, 11) is 0. The topological polar surface area (TPSA) is 102 Å². The fourth-order valence-corrected chi connectivity index (χ4v) is 4.32. The molecule has 1 aromatic heterocycles. The fourth-order valence-electron chi connectivity index (χ4n) is 4.32. The molecule has 0 aliphatic carbocycles. The monoisotopic (exact) mass is 456 g/mol. The zero-order valence-electron chi connectivity index (χ0n) is 18.6. The number of rotatable bonds is 6. The van der Waals surface area contributed by atoms with Gasteiger partial charge in [0.25, 0.3) is 11.6 Å². The number of carbonyl (C=O) groups excluding carboxylic acids is 1. The van der Waals surface area contributed by atoms with Crippen molar-refractivity contribution in [3.63, 3.8) is 0 Å². The van der Waals surface area contributed by atoms with Gasteiger partial charge in [-0.3, -0.25) is 14.9 Å². The van der Waals surface area contributed by atoms with Crippen LogP contribution >= 0.6 is 0 Å². The normalized spacial score (nSPS) is 13.7. The second-order valence-corrected chi connectivity index (χ2v) is 8.41. The van der Waals surface area contributed by atoms with Crippen LogP contribution in [-0.2, 0) is 6.42 Å². The zero-order valence-corrected chi connectivity index (χ0v) is 18.6. The standard InChI is InChI=1S/C26H24N4O4/c31-26(19-9-11-22(23(16-19)30(32)33)29-13-5-2-6-14-29)27-20-10-12-24-21(17-20)28-25(34-24)15-18-7-3-1-4-8-18/h1,3-4,7-12,16-17H,2,5-6,13-15H2,(H,27,31). The Morgan fingerprint density at radius 3 is 2.59 bits per heavy atom. The first-order valence-electron chi connectivity index (χ1n) is 11.3. The van der Waals surface area contributed by atoms with Crippen molar-refractivity contribution in [1.82, 2.24) is 4.98 Å². The molecule has 1 aliphatic heterocycles. The average molecular weight is 457 g/mol. The molecule has 0 unspecified atom stereocenters. The Balaban J connectivity index is 1.34. The number of fused-ring (bicyclic) bond motifs is 1. The number of anilines is 2. The van der Waals surface area contributed by atoms with Crippen LogP contribution in [0.1, 0.15) is 41.1 Å². The van der Waals surface area contributed by atoms with E-state index in [2.05, 4.69) is 10.3 Å². The number of nitrogens with one attached hydrogen (secondary N) is 1. The Kier molecular flexibility index (Phi) is 5.95. The number of hydrogen-bond donors (Lipinski definition) is 1. The number of nitrogens with zero attached hydrogens (tertiary/aromatic N) is 3. The van der Waals surface area contributed by atoms with Gasteiger partial charge in [0.05, 0.1) is 4.92 Å². The van der Waals surface area contributed by atoms with Crippen LogP contribution < -0.4 is 10.2 Å². The Hall–Kier alpha value is -4.20. The van der Waals surface area contributed by atoms with Crippen LogP contribution in [0.5, 0.6) is 0 Å². The Morgan fingerprint density at radius 2 is 1.82 bits per heavy atom. The lowest BCUT2D eigenvalue weighted by atomic mass is 10.1. The molecule has 5 rings (SSSR count). The molecular weight excluding hydrogens is 432 g/mol. The van der Waals surface area contributed by atoms with E-state index in [0.29, 0.717) is 34.8 Å². The van der Waals surface area contributed by atoms with Crippen LogP contribution in [0.4, 0.5) is 17.1 Å². The summed E-state index contributed by atoms with van der Waals surface area (Å²) in [5.41, 5.74) is 3.65. The van der Waals surface area contributed by atoms with E-state index in [1.54, 1.807) is 30.3 Å². The highest BCUT2D eigenvalue weighted by molar-refractivity contribution is 6.05. The van der Waals surface area contributed by atoms with E-state index in [9.17, 15) is 14.9 Å². The summed E-state index contributed by atoms with van der Waals surface area (Å²) in [5.74, 6) is 0.175. The van der Waals surface area contributed by atoms with Crippen LogP contribution in [0.2, 0.25) is 0 Å². The van der Waals surface area contributed by atoms with Gasteiger partial charge in [0, 0.05) is 36.8 Å². The van der Waals surface area contributed by atoms with Gasteiger partial charge < -0.3 is 14.6 Å². The molecule has 0 spiro atoms. The molecule has 8 heteroatoms. The van der Waals surface area contributed by atoms with Crippen molar-refractivity contribution >= 4 is 34.1 Å². The van der Waals surface area contributed by atoms with E-state index in [1.807, 2.05) is 35.2 Å². The summed E-state index contributed by atoms with van der Waals surface area (Å²) >= 11 is 0. The molecule has 34 heavy (non-hydrogen) atoms. The maximum absolute atomic E-state index is 12.9. The molecule has 0 saturated carbocycles. The number of oxazole rings is 1. The number of piperidine rings is 1. The lowest BCUT2D eigenvalue weighted by Crippen LogP contribution is -2.30. The van der Waals surface area contributed by atoms with Gasteiger partial charge in [0.15, 0.2) is 11.5 Å². The highest BCUT2D eigenvalue weighted by Crippen LogP contribution is 2.31. The van der Waals surface area contributed by atoms with Crippen LogP contribution in [0.3, 0.4) is 0 Å². The second-order valence-electron chi connectivity index (χ2n) is 8.41. The molecule has 0 bridgehead atoms. The van der Waals surface area contributed by atoms with Gasteiger partial charge in [-0.25, -0.2) is 4.98 Å². The smallest absolute Gasteiger partial charge is 0.293 e. The SMILES string of the molecule is O=C(Nc1ccc2oc(Cc3ccccc3)nc2c1)c1ccc(N2CCCCC2)c([N+](=O)[O-])c1. The molecule has 3 aromatic carbocycles. The van der Waals surface area contributed by atoms with Crippen molar-refractivity contribution in [3.8, 4) is 0 Å². The molecule has 1 amide bonds. The fraction of sp³-hybridized carbons (Fsp3) is 0.231. The molecule has 172 valence electrons. The van der Waals surface area contributed by atoms with Crippen molar-refractivity contribution in [2.45, 2.75) is 25.7 Å². The minimum Gasteiger partial charge on any atom is -0.440 e. The van der Waals surface area contributed by atoms with E-state index in [1.165, 1.54) is 6.07 Å².